The highest BCUT2D eigenvalue weighted by atomic mass is 19.1. The second-order valence-electron chi connectivity index (χ2n) is 7.12. The molecule has 9 heteroatoms. The molecule has 1 aromatic carbocycles. The van der Waals surface area contributed by atoms with Crippen molar-refractivity contribution in [3.63, 3.8) is 0 Å². The first kappa shape index (κ1) is 17.1. The summed E-state index contributed by atoms with van der Waals surface area (Å²) < 4.78 is 21.9. The fourth-order valence-electron chi connectivity index (χ4n) is 3.47. The molecule has 28 heavy (non-hydrogen) atoms. The Hall–Kier alpha value is -3.07. The Bertz CT molecular complexity index is 1050. The fraction of sp³-hybridized carbons (Fsp3) is 0.368. The summed E-state index contributed by atoms with van der Waals surface area (Å²) in [4.78, 5) is 4.33. The number of fused-ring (bicyclic) bond motifs is 1. The first-order valence-corrected chi connectivity index (χ1v) is 9.35. The van der Waals surface area contributed by atoms with Gasteiger partial charge in [-0.25, -0.2) is 4.39 Å². The zero-order valence-electron chi connectivity index (χ0n) is 15.4. The number of hydrogen-bond donors (Lipinski definition) is 1. The van der Waals surface area contributed by atoms with Crippen molar-refractivity contribution < 1.29 is 9.13 Å². The van der Waals surface area contributed by atoms with Crippen LogP contribution in [0, 0.1) is 5.82 Å². The summed E-state index contributed by atoms with van der Waals surface area (Å²) in [7, 11) is 1.90. The largest absolute Gasteiger partial charge is 0.473 e. The van der Waals surface area contributed by atoms with Gasteiger partial charge in [-0.05, 0) is 37.0 Å². The molecule has 1 aliphatic carbocycles. The summed E-state index contributed by atoms with van der Waals surface area (Å²) in [6.45, 7) is 0.357. The molecule has 1 N–H and O–H groups in total. The standard InChI is InChI=1S/C19H20FN7O/c1-26-17(21-11-22-26)10-28-19-14(12-5-4-6-12)9-16-23-24-18(27(16)25-19)13-7-2-3-8-15(13)20/h2-3,7-9,11-12,17H,4-6,10H2,1H3,(H,21,22). The lowest BCUT2D eigenvalue weighted by Crippen LogP contribution is -2.38. The van der Waals surface area contributed by atoms with E-state index in [0.29, 0.717) is 35.4 Å². The molecule has 0 bridgehead atoms. The lowest BCUT2D eigenvalue weighted by Gasteiger charge is -2.27. The lowest BCUT2D eigenvalue weighted by molar-refractivity contribution is 0.156. The quantitative estimate of drug-likeness (QED) is 0.731. The number of aromatic nitrogens is 4. The Morgan fingerprint density at radius 1 is 1.25 bits per heavy atom. The van der Waals surface area contributed by atoms with E-state index >= 15 is 0 Å². The Morgan fingerprint density at radius 3 is 2.82 bits per heavy atom. The van der Waals surface area contributed by atoms with Crippen LogP contribution in [0.4, 0.5) is 4.39 Å². The van der Waals surface area contributed by atoms with E-state index in [1.165, 1.54) is 12.5 Å². The van der Waals surface area contributed by atoms with E-state index in [0.717, 1.165) is 18.4 Å². The second kappa shape index (κ2) is 6.83. The molecule has 1 atom stereocenters. The highest BCUT2D eigenvalue weighted by Crippen LogP contribution is 2.40. The van der Waals surface area contributed by atoms with Crippen molar-refractivity contribution >= 4 is 12.0 Å². The van der Waals surface area contributed by atoms with Crippen molar-refractivity contribution in [3.8, 4) is 17.3 Å². The molecule has 1 unspecified atom stereocenters. The Kier molecular flexibility index (Phi) is 4.16. The number of nitrogens with zero attached hydrogens (tertiary/aromatic N) is 6. The van der Waals surface area contributed by atoms with Gasteiger partial charge >= 0.3 is 0 Å². The van der Waals surface area contributed by atoms with Crippen molar-refractivity contribution in [1.82, 2.24) is 30.2 Å². The highest BCUT2D eigenvalue weighted by molar-refractivity contribution is 5.60. The van der Waals surface area contributed by atoms with Gasteiger partial charge in [-0.2, -0.15) is 9.52 Å². The number of benzene rings is 1. The molecule has 1 aliphatic heterocycles. The predicted molar refractivity (Wildman–Crippen MR) is 101 cm³/mol. The van der Waals surface area contributed by atoms with Crippen LogP contribution < -0.4 is 10.2 Å². The van der Waals surface area contributed by atoms with E-state index in [2.05, 4.69) is 25.7 Å². The highest BCUT2D eigenvalue weighted by Gasteiger charge is 2.27. The van der Waals surface area contributed by atoms with Gasteiger partial charge in [-0.15, -0.1) is 15.3 Å². The first-order chi connectivity index (χ1) is 13.7. The van der Waals surface area contributed by atoms with Crippen LogP contribution in [-0.4, -0.2) is 51.0 Å². The summed E-state index contributed by atoms with van der Waals surface area (Å²) in [6.07, 6.45) is 4.92. The van der Waals surface area contributed by atoms with Gasteiger partial charge in [0.1, 0.15) is 12.4 Å². The normalized spacial score (nSPS) is 19.7. The third-order valence-corrected chi connectivity index (χ3v) is 5.37. The number of hydrazine groups is 1. The molecule has 2 aliphatic rings. The maximum atomic E-state index is 14.3. The van der Waals surface area contributed by atoms with E-state index in [-0.39, 0.29) is 12.0 Å². The molecular formula is C19H20FN7O. The van der Waals surface area contributed by atoms with Gasteiger partial charge in [0.25, 0.3) is 0 Å². The average molecular weight is 381 g/mol. The van der Waals surface area contributed by atoms with Gasteiger partial charge < -0.3 is 10.2 Å². The zero-order valence-corrected chi connectivity index (χ0v) is 15.4. The van der Waals surface area contributed by atoms with Crippen LogP contribution in [-0.2, 0) is 0 Å². The van der Waals surface area contributed by atoms with Crippen molar-refractivity contribution in [2.45, 2.75) is 31.3 Å². The molecule has 8 nitrogen and oxygen atoms in total. The zero-order chi connectivity index (χ0) is 19.1. The number of nitrogens with one attached hydrogen (secondary N) is 1. The molecule has 0 radical (unpaired) electrons. The van der Waals surface area contributed by atoms with E-state index in [9.17, 15) is 4.39 Å². The number of halogens is 1. The second-order valence-corrected chi connectivity index (χ2v) is 7.12. The number of hydrogen-bond acceptors (Lipinski definition) is 7. The van der Waals surface area contributed by atoms with Crippen molar-refractivity contribution in [2.75, 3.05) is 13.7 Å². The summed E-state index contributed by atoms with van der Waals surface area (Å²) in [5.41, 5.74) is 4.98. The molecule has 1 saturated carbocycles. The van der Waals surface area contributed by atoms with Crippen LogP contribution in [0.3, 0.4) is 0 Å². The summed E-state index contributed by atoms with van der Waals surface area (Å²) in [5, 5.41) is 14.9. The minimum Gasteiger partial charge on any atom is -0.473 e. The van der Waals surface area contributed by atoms with Crippen LogP contribution >= 0.6 is 0 Å². The topological polar surface area (TPSA) is 79.9 Å². The van der Waals surface area contributed by atoms with Gasteiger partial charge in [-0.1, -0.05) is 18.6 Å². The first-order valence-electron chi connectivity index (χ1n) is 9.35. The monoisotopic (exact) mass is 381 g/mol. The van der Waals surface area contributed by atoms with Crippen LogP contribution in [0.2, 0.25) is 0 Å². The Balaban J connectivity index is 1.55. The average Bonchev–Trinajstić information content (AvgIpc) is 3.24. The lowest BCUT2D eigenvalue weighted by atomic mass is 9.80. The third-order valence-electron chi connectivity index (χ3n) is 5.37. The summed E-state index contributed by atoms with van der Waals surface area (Å²) in [6, 6.07) is 8.44. The van der Waals surface area contributed by atoms with E-state index in [1.807, 2.05) is 18.1 Å². The number of rotatable bonds is 5. The number of ether oxygens (including phenoxy) is 1. The van der Waals surface area contributed by atoms with E-state index in [4.69, 9.17) is 4.74 Å². The smallest absolute Gasteiger partial charge is 0.235 e. The van der Waals surface area contributed by atoms with Crippen LogP contribution in [0.15, 0.2) is 35.3 Å². The van der Waals surface area contributed by atoms with Crippen LogP contribution in [0.5, 0.6) is 5.88 Å². The molecule has 0 saturated heterocycles. The van der Waals surface area contributed by atoms with Crippen LogP contribution in [0.1, 0.15) is 30.7 Å². The van der Waals surface area contributed by atoms with Gasteiger partial charge in [-0.3, -0.25) is 4.99 Å². The molecule has 3 aromatic rings. The molecule has 0 spiro atoms. The molecular weight excluding hydrogens is 361 g/mol. The van der Waals surface area contributed by atoms with Gasteiger partial charge in [0, 0.05) is 12.6 Å². The number of aliphatic imine (C=N–C) groups is 1. The maximum Gasteiger partial charge on any atom is 0.235 e. The van der Waals surface area contributed by atoms with Crippen molar-refractivity contribution in [2.24, 2.45) is 4.99 Å². The minimum atomic E-state index is -0.364. The van der Waals surface area contributed by atoms with Gasteiger partial charge in [0.15, 0.2) is 17.6 Å². The Morgan fingerprint density at radius 2 is 2.11 bits per heavy atom. The fourth-order valence-corrected chi connectivity index (χ4v) is 3.47. The molecule has 0 amide bonds. The SMILES string of the molecule is CN1NC=NC1COc1nn2c(-c3ccccc3F)nnc2cc1C1CCC1. The molecule has 3 heterocycles. The van der Waals surface area contributed by atoms with Crippen molar-refractivity contribution in [3.05, 3.63) is 41.7 Å². The maximum absolute atomic E-state index is 14.3. The van der Waals surface area contributed by atoms with Crippen LogP contribution in [0.25, 0.3) is 17.0 Å². The van der Waals surface area contributed by atoms with E-state index in [1.54, 1.807) is 29.1 Å². The van der Waals surface area contributed by atoms with Gasteiger partial charge in [0.05, 0.1) is 11.9 Å². The third kappa shape index (κ3) is 2.88. The van der Waals surface area contributed by atoms with E-state index < -0.39 is 0 Å². The van der Waals surface area contributed by atoms with Crippen molar-refractivity contribution in [1.29, 1.82) is 0 Å². The molecule has 144 valence electrons. The minimum absolute atomic E-state index is 0.126. The molecule has 2 aromatic heterocycles. The molecule has 5 rings (SSSR count). The summed E-state index contributed by atoms with van der Waals surface area (Å²) in [5.74, 6) is 0.932. The molecule has 1 fully saturated rings. The Labute approximate surface area is 161 Å². The number of likely N-dealkylation sites (N-methyl/N-ethyl adjacent to an activating group) is 1. The summed E-state index contributed by atoms with van der Waals surface area (Å²) >= 11 is 0. The predicted octanol–water partition coefficient (Wildman–Crippen LogP) is 2.38. The van der Waals surface area contributed by atoms with Gasteiger partial charge in [0.2, 0.25) is 5.88 Å².